The molecule has 9 heteroatoms. The molecule has 2 fully saturated rings. The highest BCUT2D eigenvalue weighted by Gasteiger charge is 2.37. The summed E-state index contributed by atoms with van der Waals surface area (Å²) in [6.45, 7) is 8.26. The van der Waals surface area contributed by atoms with Crippen LogP contribution in [0.1, 0.15) is 93.6 Å². The first-order chi connectivity index (χ1) is 18.8. The number of carbonyl (C=O) groups excluding carboxylic acids is 1. The smallest absolute Gasteiger partial charge is 0.348 e. The van der Waals surface area contributed by atoms with Gasteiger partial charge in [-0.25, -0.2) is 13.7 Å². The van der Waals surface area contributed by atoms with Crippen LogP contribution in [0.15, 0.2) is 35.5 Å². The Bertz CT molecular complexity index is 1370. The van der Waals surface area contributed by atoms with Crippen LogP contribution in [-0.4, -0.2) is 44.1 Å². The SMILES string of the molecule is C=S(=O)(NC1CCC(N(c2cc(C#CC(C)(C)C)sc2C(=O)O)C(=O)[C@H]2CC[C@H](C)CC2)CC1)c1cccnc1. The summed E-state index contributed by atoms with van der Waals surface area (Å²) in [4.78, 5) is 33.7. The minimum Gasteiger partial charge on any atom is -0.477 e. The first-order valence-corrected chi connectivity index (χ1v) is 16.7. The molecule has 2 aliphatic rings. The number of carbonyl (C=O) groups is 2. The topological polar surface area (TPSA) is 99.6 Å². The van der Waals surface area contributed by atoms with E-state index >= 15 is 0 Å². The molecule has 2 heterocycles. The van der Waals surface area contributed by atoms with E-state index in [-0.39, 0.29) is 34.2 Å². The van der Waals surface area contributed by atoms with Crippen molar-refractivity contribution in [1.82, 2.24) is 9.71 Å². The van der Waals surface area contributed by atoms with Crippen molar-refractivity contribution in [3.8, 4) is 11.8 Å². The molecule has 7 nitrogen and oxygen atoms in total. The Morgan fingerprint density at radius 3 is 2.40 bits per heavy atom. The first-order valence-electron chi connectivity index (χ1n) is 14.1. The number of aromatic carboxylic acids is 1. The van der Waals surface area contributed by atoms with Crippen LogP contribution < -0.4 is 9.62 Å². The molecule has 1 amide bonds. The average molecular weight is 584 g/mol. The van der Waals surface area contributed by atoms with Crippen molar-refractivity contribution in [1.29, 1.82) is 0 Å². The van der Waals surface area contributed by atoms with Gasteiger partial charge in [-0.15, -0.1) is 11.3 Å². The van der Waals surface area contributed by atoms with Gasteiger partial charge in [0.25, 0.3) is 0 Å². The van der Waals surface area contributed by atoms with Crippen LogP contribution in [0.25, 0.3) is 0 Å². The number of nitrogens with one attached hydrogen (secondary N) is 1. The molecule has 0 aliphatic heterocycles. The van der Waals surface area contributed by atoms with E-state index in [4.69, 9.17) is 0 Å². The zero-order valence-electron chi connectivity index (χ0n) is 23.9. The molecule has 0 spiro atoms. The maximum Gasteiger partial charge on any atom is 0.348 e. The van der Waals surface area contributed by atoms with Crippen LogP contribution in [0.3, 0.4) is 0 Å². The molecule has 40 heavy (non-hydrogen) atoms. The fourth-order valence-electron chi connectivity index (χ4n) is 5.55. The van der Waals surface area contributed by atoms with E-state index in [9.17, 15) is 18.9 Å². The third kappa shape index (κ3) is 7.54. The van der Waals surface area contributed by atoms with Gasteiger partial charge >= 0.3 is 5.97 Å². The van der Waals surface area contributed by atoms with Crippen LogP contribution in [0.2, 0.25) is 0 Å². The van der Waals surface area contributed by atoms with E-state index in [1.54, 1.807) is 35.5 Å². The summed E-state index contributed by atoms with van der Waals surface area (Å²) in [5.74, 6) is 9.75. The molecule has 0 aromatic carbocycles. The largest absolute Gasteiger partial charge is 0.477 e. The number of nitrogens with zero attached hydrogens (tertiary/aromatic N) is 2. The lowest BCUT2D eigenvalue weighted by atomic mass is 9.81. The molecule has 2 N–H and O–H groups in total. The number of hydrogen-bond acceptors (Lipinski definition) is 5. The zero-order valence-corrected chi connectivity index (χ0v) is 25.6. The van der Waals surface area contributed by atoms with Crippen LogP contribution in [0.4, 0.5) is 5.69 Å². The molecule has 2 aliphatic carbocycles. The second-order valence-corrected chi connectivity index (χ2v) is 15.4. The maximum absolute atomic E-state index is 14.1. The Kier molecular flexibility index (Phi) is 9.44. The number of pyridine rings is 1. The van der Waals surface area contributed by atoms with Crippen LogP contribution in [0.5, 0.6) is 0 Å². The van der Waals surface area contributed by atoms with Gasteiger partial charge < -0.3 is 10.0 Å². The lowest BCUT2D eigenvalue weighted by molar-refractivity contribution is -0.124. The lowest BCUT2D eigenvalue weighted by Gasteiger charge is -2.40. The molecular weight excluding hydrogens is 542 g/mol. The minimum atomic E-state index is -2.71. The summed E-state index contributed by atoms with van der Waals surface area (Å²) >= 11 is 1.14. The van der Waals surface area contributed by atoms with Crippen LogP contribution >= 0.6 is 11.3 Å². The Morgan fingerprint density at radius 2 is 1.82 bits per heavy atom. The molecular formula is C31H41N3O4S2. The molecule has 0 saturated heterocycles. The van der Waals surface area contributed by atoms with Gasteiger partial charge in [0.15, 0.2) is 0 Å². The van der Waals surface area contributed by atoms with E-state index < -0.39 is 15.7 Å². The number of aromatic nitrogens is 1. The molecule has 1 atom stereocenters. The lowest BCUT2D eigenvalue weighted by Crippen LogP contribution is -2.49. The van der Waals surface area contributed by atoms with Crippen molar-refractivity contribution >= 4 is 44.5 Å². The minimum absolute atomic E-state index is 0.0234. The summed E-state index contributed by atoms with van der Waals surface area (Å²) in [7, 11) is -2.71. The fourth-order valence-corrected chi connectivity index (χ4v) is 7.84. The number of hydrogen-bond donors (Lipinski definition) is 2. The van der Waals surface area contributed by atoms with E-state index in [1.165, 1.54) is 0 Å². The third-order valence-corrected chi connectivity index (χ3v) is 10.5. The molecule has 0 bridgehead atoms. The summed E-state index contributed by atoms with van der Waals surface area (Å²) in [6, 6.07) is 5.14. The third-order valence-electron chi connectivity index (χ3n) is 7.76. The van der Waals surface area contributed by atoms with Crippen LogP contribution in [0, 0.1) is 29.1 Å². The Labute approximate surface area is 242 Å². The van der Waals surface area contributed by atoms with Crippen molar-refractivity contribution in [3.05, 3.63) is 40.3 Å². The van der Waals surface area contributed by atoms with Crippen molar-refractivity contribution in [2.24, 2.45) is 17.3 Å². The van der Waals surface area contributed by atoms with Crippen LogP contribution in [-0.2, 0) is 14.5 Å². The first kappa shape index (κ1) is 30.3. The van der Waals surface area contributed by atoms with Gasteiger partial charge in [-0.05, 0) is 102 Å². The van der Waals surface area contributed by atoms with Gasteiger partial charge in [0.1, 0.15) is 4.88 Å². The number of rotatable bonds is 7. The number of carboxylic acid groups (broad SMARTS) is 1. The van der Waals surface area contributed by atoms with Crippen molar-refractivity contribution in [2.75, 3.05) is 4.90 Å². The maximum atomic E-state index is 14.1. The normalized spacial score (nSPS) is 24.8. The molecule has 216 valence electrons. The van der Waals surface area contributed by atoms with Gasteiger partial charge in [-0.3, -0.25) is 9.78 Å². The van der Waals surface area contributed by atoms with E-state index in [2.05, 4.69) is 34.3 Å². The quantitative estimate of drug-likeness (QED) is 0.308. The summed E-state index contributed by atoms with van der Waals surface area (Å²) in [6.07, 6.45) is 9.62. The predicted molar refractivity (Wildman–Crippen MR) is 163 cm³/mol. The van der Waals surface area contributed by atoms with Gasteiger partial charge in [-0.2, -0.15) is 0 Å². The van der Waals surface area contributed by atoms with Crippen molar-refractivity contribution in [2.45, 2.75) is 96.0 Å². The highest BCUT2D eigenvalue weighted by Crippen LogP contribution is 2.39. The number of amides is 1. The molecule has 2 aromatic heterocycles. The highest BCUT2D eigenvalue weighted by atomic mass is 32.2. The monoisotopic (exact) mass is 583 g/mol. The highest BCUT2D eigenvalue weighted by molar-refractivity contribution is 7.98. The molecule has 1 unspecified atom stereocenters. The zero-order chi connectivity index (χ0) is 29.1. The fraction of sp³-hybridized carbons (Fsp3) is 0.548. The number of carboxylic acids is 1. The molecule has 2 aromatic rings. The summed E-state index contributed by atoms with van der Waals surface area (Å²) in [5.41, 5.74) is 0.239. The summed E-state index contributed by atoms with van der Waals surface area (Å²) in [5, 5.41) is 10.1. The molecule has 0 radical (unpaired) electrons. The molecule has 4 rings (SSSR count). The predicted octanol–water partition coefficient (Wildman–Crippen LogP) is 5.99. The second kappa shape index (κ2) is 12.5. The van der Waals surface area contributed by atoms with Gasteiger partial charge in [-0.1, -0.05) is 18.8 Å². The summed E-state index contributed by atoms with van der Waals surface area (Å²) < 4.78 is 16.5. The Balaban J connectivity index is 1.60. The Morgan fingerprint density at radius 1 is 1.15 bits per heavy atom. The van der Waals surface area contributed by atoms with E-state index in [1.807, 2.05) is 20.8 Å². The number of thiophene rings is 1. The van der Waals surface area contributed by atoms with Crippen molar-refractivity contribution < 1.29 is 18.9 Å². The second-order valence-electron chi connectivity index (χ2n) is 12.3. The number of anilines is 1. The Hall–Kier alpha value is -2.67. The average Bonchev–Trinajstić information content (AvgIpc) is 3.33. The van der Waals surface area contributed by atoms with E-state index in [0.717, 1.165) is 37.0 Å². The van der Waals surface area contributed by atoms with Crippen molar-refractivity contribution in [3.63, 3.8) is 0 Å². The standard InChI is InChI=1S/C31H41N3O4S2/c1-21-8-10-22(11-9-21)29(35)34(27-19-25(16-17-31(2,3)4)39-28(27)30(36)37)24-14-12-23(13-15-24)33-40(5,38)26-7-6-18-32-20-26/h6-7,18-24H,5,8-15H2,1-4H3,(H,33,38)(H,36,37)/t21-,22-,23?,24?,40?. The van der Waals surface area contributed by atoms with Gasteiger partial charge in [0.05, 0.1) is 25.2 Å². The van der Waals surface area contributed by atoms with E-state index in [0.29, 0.717) is 47.1 Å². The van der Waals surface area contributed by atoms with Gasteiger partial charge in [0, 0.05) is 35.8 Å². The molecule has 2 saturated carbocycles. The van der Waals surface area contributed by atoms with Gasteiger partial charge in [0.2, 0.25) is 5.91 Å².